The van der Waals surface area contributed by atoms with Crippen molar-refractivity contribution in [2.24, 2.45) is 5.92 Å². The lowest BCUT2D eigenvalue weighted by molar-refractivity contribution is -0.146. The summed E-state index contributed by atoms with van der Waals surface area (Å²) in [4.78, 5) is 34.6. The maximum atomic E-state index is 11.0. The number of anilines is 1. The highest BCUT2D eigenvalue weighted by molar-refractivity contribution is 5.74. The van der Waals surface area contributed by atoms with E-state index in [1.165, 1.54) is 13.8 Å². The molecule has 9 nitrogen and oxygen atoms in total. The van der Waals surface area contributed by atoms with Gasteiger partial charge in [-0.2, -0.15) is 4.98 Å². The molecule has 0 aliphatic heterocycles. The summed E-state index contributed by atoms with van der Waals surface area (Å²) in [7, 11) is 0. The number of rotatable bonds is 7. The largest absolute Gasteiger partial charge is 0.465 e. The van der Waals surface area contributed by atoms with Crippen molar-refractivity contribution in [1.82, 2.24) is 19.5 Å². The molecule has 0 aliphatic rings. The monoisotopic (exact) mass is 335 g/mol. The Hall–Kier alpha value is -2.71. The van der Waals surface area contributed by atoms with Crippen LogP contribution in [0.1, 0.15) is 26.0 Å². The molecule has 130 valence electrons. The van der Waals surface area contributed by atoms with Crippen molar-refractivity contribution in [2.75, 3.05) is 18.9 Å². The van der Waals surface area contributed by atoms with Gasteiger partial charge < -0.3 is 19.8 Å². The van der Waals surface area contributed by atoms with Crippen LogP contribution in [0.15, 0.2) is 6.33 Å². The smallest absolute Gasteiger partial charge is 0.302 e. The van der Waals surface area contributed by atoms with E-state index in [-0.39, 0.29) is 37.0 Å². The van der Waals surface area contributed by atoms with Crippen molar-refractivity contribution < 1.29 is 19.1 Å². The van der Waals surface area contributed by atoms with Crippen LogP contribution in [-0.2, 0) is 25.6 Å². The summed E-state index contributed by atoms with van der Waals surface area (Å²) >= 11 is 0. The number of imidazole rings is 1. The summed E-state index contributed by atoms with van der Waals surface area (Å²) < 4.78 is 11.9. The molecule has 0 atom stereocenters. The number of nitrogens with two attached hydrogens (primary N) is 1. The Balaban J connectivity index is 2.07. The third-order valence-corrected chi connectivity index (χ3v) is 3.48. The molecule has 0 aliphatic carbocycles. The molecule has 2 heterocycles. The summed E-state index contributed by atoms with van der Waals surface area (Å²) in [6, 6.07) is 0. The van der Waals surface area contributed by atoms with Crippen LogP contribution in [0.3, 0.4) is 0 Å². The van der Waals surface area contributed by atoms with Gasteiger partial charge in [0.2, 0.25) is 5.95 Å². The highest BCUT2D eigenvalue weighted by Crippen LogP contribution is 2.16. The van der Waals surface area contributed by atoms with E-state index in [4.69, 9.17) is 15.2 Å². The SMILES string of the molecule is CC(=O)OCC(CCn1cnc2c(C)nc(N)nc21)COC(C)=O. The van der Waals surface area contributed by atoms with Crippen LogP contribution >= 0.6 is 0 Å². The molecule has 0 aromatic carbocycles. The van der Waals surface area contributed by atoms with Gasteiger partial charge in [0.05, 0.1) is 25.2 Å². The summed E-state index contributed by atoms with van der Waals surface area (Å²) in [5.41, 5.74) is 7.75. The minimum atomic E-state index is -0.368. The van der Waals surface area contributed by atoms with Crippen LogP contribution in [0.5, 0.6) is 0 Å². The van der Waals surface area contributed by atoms with Gasteiger partial charge >= 0.3 is 11.9 Å². The second kappa shape index (κ2) is 7.71. The zero-order chi connectivity index (χ0) is 17.7. The minimum absolute atomic E-state index is 0.115. The number of carbonyl (C=O) groups is 2. The number of hydrogen-bond donors (Lipinski definition) is 1. The number of nitrogen functional groups attached to an aromatic ring is 1. The molecule has 9 heteroatoms. The summed E-state index contributed by atoms with van der Waals surface area (Å²) in [6.07, 6.45) is 2.29. The molecule has 24 heavy (non-hydrogen) atoms. The lowest BCUT2D eigenvalue weighted by atomic mass is 10.1. The minimum Gasteiger partial charge on any atom is -0.465 e. The second-order valence-corrected chi connectivity index (χ2v) is 5.54. The fourth-order valence-corrected chi connectivity index (χ4v) is 2.28. The third kappa shape index (κ3) is 4.64. The first kappa shape index (κ1) is 17.6. The molecule has 0 amide bonds. The molecule has 2 N–H and O–H groups in total. The van der Waals surface area contributed by atoms with Crippen LogP contribution in [0.2, 0.25) is 0 Å². The number of ether oxygens (including phenoxy) is 2. The third-order valence-electron chi connectivity index (χ3n) is 3.48. The lowest BCUT2D eigenvalue weighted by Crippen LogP contribution is -2.21. The van der Waals surface area contributed by atoms with Crippen LogP contribution in [0.25, 0.3) is 11.2 Å². The first-order valence-corrected chi connectivity index (χ1v) is 7.58. The van der Waals surface area contributed by atoms with E-state index in [9.17, 15) is 9.59 Å². The second-order valence-electron chi connectivity index (χ2n) is 5.54. The first-order valence-electron chi connectivity index (χ1n) is 7.58. The highest BCUT2D eigenvalue weighted by atomic mass is 16.5. The number of aryl methyl sites for hydroxylation is 2. The molecular formula is C15H21N5O4. The molecule has 2 rings (SSSR count). The van der Waals surface area contributed by atoms with E-state index in [2.05, 4.69) is 15.0 Å². The van der Waals surface area contributed by atoms with Crippen molar-refractivity contribution in [3.8, 4) is 0 Å². The van der Waals surface area contributed by atoms with E-state index in [0.717, 1.165) is 0 Å². The topological polar surface area (TPSA) is 122 Å². The highest BCUT2D eigenvalue weighted by Gasteiger charge is 2.15. The molecular weight excluding hydrogens is 314 g/mol. The molecule has 0 saturated heterocycles. The van der Waals surface area contributed by atoms with Crippen molar-refractivity contribution in [1.29, 1.82) is 0 Å². The molecule has 0 spiro atoms. The molecule has 0 unspecified atom stereocenters. The zero-order valence-electron chi connectivity index (χ0n) is 14.0. The summed E-state index contributed by atoms with van der Waals surface area (Å²) in [5.74, 6) is -0.659. The molecule has 2 aromatic rings. The van der Waals surface area contributed by atoms with Crippen molar-refractivity contribution in [3.63, 3.8) is 0 Å². The van der Waals surface area contributed by atoms with Gasteiger partial charge in [0.1, 0.15) is 5.52 Å². The predicted molar refractivity (Wildman–Crippen MR) is 85.8 cm³/mol. The predicted octanol–water partition coefficient (Wildman–Crippen LogP) is 0.849. The van der Waals surface area contributed by atoms with E-state index in [1.807, 2.05) is 11.5 Å². The van der Waals surface area contributed by atoms with Gasteiger partial charge in [-0.1, -0.05) is 0 Å². The van der Waals surface area contributed by atoms with Crippen LogP contribution in [0, 0.1) is 12.8 Å². The Morgan fingerprint density at radius 1 is 1.21 bits per heavy atom. The fourth-order valence-electron chi connectivity index (χ4n) is 2.28. The Kier molecular flexibility index (Phi) is 5.67. The van der Waals surface area contributed by atoms with Gasteiger partial charge in [-0.3, -0.25) is 9.59 Å². The van der Waals surface area contributed by atoms with E-state index in [1.54, 1.807) is 6.33 Å². The van der Waals surface area contributed by atoms with Crippen molar-refractivity contribution >= 4 is 29.1 Å². The van der Waals surface area contributed by atoms with Gasteiger partial charge in [0.15, 0.2) is 5.65 Å². The number of hydrogen-bond acceptors (Lipinski definition) is 8. The standard InChI is InChI=1S/C15H21N5O4/c1-9-13-14(19-15(16)18-9)20(8-17-13)5-4-12(6-23-10(2)21)7-24-11(3)22/h8,12H,4-7H2,1-3H3,(H2,16,18,19). The number of fused-ring (bicyclic) bond motifs is 1. The number of esters is 2. The Bertz CT molecular complexity index is 725. The number of aromatic nitrogens is 4. The Morgan fingerprint density at radius 3 is 2.42 bits per heavy atom. The molecule has 0 bridgehead atoms. The Morgan fingerprint density at radius 2 is 1.83 bits per heavy atom. The van der Waals surface area contributed by atoms with Gasteiger partial charge in [-0.15, -0.1) is 0 Å². The van der Waals surface area contributed by atoms with Crippen molar-refractivity contribution in [3.05, 3.63) is 12.0 Å². The van der Waals surface area contributed by atoms with E-state index < -0.39 is 0 Å². The van der Waals surface area contributed by atoms with E-state index >= 15 is 0 Å². The normalized spacial score (nSPS) is 11.0. The number of nitrogens with zero attached hydrogens (tertiary/aromatic N) is 4. The first-order chi connectivity index (χ1) is 11.4. The Labute approximate surface area is 139 Å². The molecule has 0 fully saturated rings. The summed E-state index contributed by atoms with van der Waals surface area (Å²) in [5, 5.41) is 0. The molecule has 0 radical (unpaired) electrons. The summed E-state index contributed by atoms with van der Waals surface area (Å²) in [6.45, 7) is 5.45. The molecule has 2 aromatic heterocycles. The maximum absolute atomic E-state index is 11.0. The van der Waals surface area contributed by atoms with E-state index in [0.29, 0.717) is 29.8 Å². The average molecular weight is 335 g/mol. The van der Waals surface area contributed by atoms with Gasteiger partial charge in [0.25, 0.3) is 0 Å². The van der Waals surface area contributed by atoms with Crippen LogP contribution in [0.4, 0.5) is 5.95 Å². The van der Waals surface area contributed by atoms with Crippen LogP contribution < -0.4 is 5.73 Å². The van der Waals surface area contributed by atoms with Crippen molar-refractivity contribution in [2.45, 2.75) is 33.7 Å². The van der Waals surface area contributed by atoms with Gasteiger partial charge in [-0.05, 0) is 13.3 Å². The fraction of sp³-hybridized carbons (Fsp3) is 0.533. The lowest BCUT2D eigenvalue weighted by Gasteiger charge is -2.16. The number of carbonyl (C=O) groups excluding carboxylic acids is 2. The quantitative estimate of drug-likeness (QED) is 0.739. The van der Waals surface area contributed by atoms with Gasteiger partial charge in [0, 0.05) is 26.3 Å². The maximum Gasteiger partial charge on any atom is 0.302 e. The van der Waals surface area contributed by atoms with Crippen LogP contribution in [-0.4, -0.2) is 44.7 Å². The van der Waals surface area contributed by atoms with Gasteiger partial charge in [-0.25, -0.2) is 9.97 Å². The average Bonchev–Trinajstić information content (AvgIpc) is 2.89. The zero-order valence-corrected chi connectivity index (χ0v) is 14.0. The molecule has 0 saturated carbocycles.